The van der Waals surface area contributed by atoms with Gasteiger partial charge in [0.05, 0.1) is 6.61 Å². The molecule has 10 heavy (non-hydrogen) atoms. The van der Waals surface area contributed by atoms with Crippen LogP contribution in [0, 0.1) is 0 Å². The van der Waals surface area contributed by atoms with Gasteiger partial charge in [0.2, 0.25) is 0 Å². The number of hydrogen-bond donors (Lipinski definition) is 1. The van der Waals surface area contributed by atoms with E-state index in [1.165, 1.54) is 0 Å². The molecule has 0 heterocycles. The van der Waals surface area contributed by atoms with E-state index in [1.54, 1.807) is 0 Å². The van der Waals surface area contributed by atoms with Crippen LogP contribution in [0.25, 0.3) is 0 Å². The van der Waals surface area contributed by atoms with E-state index in [0.29, 0.717) is 6.42 Å². The highest BCUT2D eigenvalue weighted by atomic mass is 16.5. The lowest BCUT2D eigenvalue weighted by molar-refractivity contribution is -0.144. The average molecular weight is 146 g/mol. The van der Waals surface area contributed by atoms with Gasteiger partial charge in [-0.1, -0.05) is 13.3 Å². The smallest absolute Gasteiger partial charge is 0.305 e. The van der Waals surface area contributed by atoms with Gasteiger partial charge in [-0.25, -0.2) is 0 Å². The van der Waals surface area contributed by atoms with Crippen molar-refractivity contribution in [1.82, 2.24) is 0 Å². The van der Waals surface area contributed by atoms with E-state index in [0.717, 1.165) is 12.8 Å². The third kappa shape index (κ3) is 5.56. The lowest BCUT2D eigenvalue weighted by atomic mass is 10.2. The summed E-state index contributed by atoms with van der Waals surface area (Å²) < 4.78 is 4.60. The maximum Gasteiger partial charge on any atom is 0.305 e. The molecule has 0 unspecified atom stereocenters. The van der Waals surface area contributed by atoms with Gasteiger partial charge in [0.1, 0.15) is 6.61 Å². The van der Waals surface area contributed by atoms with E-state index >= 15 is 0 Å². The zero-order valence-electron chi connectivity index (χ0n) is 6.30. The predicted molar refractivity (Wildman–Crippen MR) is 37.6 cm³/mol. The van der Waals surface area contributed by atoms with Gasteiger partial charge in [-0.05, 0) is 6.42 Å². The minimum atomic E-state index is -0.212. The van der Waals surface area contributed by atoms with Crippen molar-refractivity contribution < 1.29 is 14.6 Å². The Bertz CT molecular complexity index is 80.9. The minimum absolute atomic E-state index is 0.0855. The molecule has 0 fully saturated rings. The van der Waals surface area contributed by atoms with Crippen LogP contribution in [-0.2, 0) is 9.53 Å². The quantitative estimate of drug-likeness (QED) is 0.581. The summed E-state index contributed by atoms with van der Waals surface area (Å²) in [6.45, 7) is 2.06. The van der Waals surface area contributed by atoms with Crippen LogP contribution in [0.3, 0.4) is 0 Å². The third-order valence-corrected chi connectivity index (χ3v) is 1.09. The van der Waals surface area contributed by atoms with E-state index in [-0.39, 0.29) is 19.2 Å². The fourth-order valence-corrected chi connectivity index (χ4v) is 0.553. The van der Waals surface area contributed by atoms with Crippen LogP contribution in [0.15, 0.2) is 0 Å². The Kier molecular flexibility index (Phi) is 6.18. The molecule has 0 aromatic carbocycles. The molecule has 1 N–H and O–H groups in total. The van der Waals surface area contributed by atoms with Crippen molar-refractivity contribution in [3.8, 4) is 0 Å². The Morgan fingerprint density at radius 2 is 2.30 bits per heavy atom. The van der Waals surface area contributed by atoms with Crippen LogP contribution in [0.2, 0.25) is 0 Å². The second-order valence-electron chi connectivity index (χ2n) is 2.05. The third-order valence-electron chi connectivity index (χ3n) is 1.09. The van der Waals surface area contributed by atoms with Crippen LogP contribution in [0.1, 0.15) is 26.2 Å². The minimum Gasteiger partial charge on any atom is -0.463 e. The highest BCUT2D eigenvalue weighted by Gasteiger charge is 1.99. The van der Waals surface area contributed by atoms with Crippen molar-refractivity contribution in [3.63, 3.8) is 0 Å². The van der Waals surface area contributed by atoms with Gasteiger partial charge < -0.3 is 9.84 Å². The molecule has 0 aliphatic carbocycles. The van der Waals surface area contributed by atoms with Gasteiger partial charge in [0.15, 0.2) is 0 Å². The van der Waals surface area contributed by atoms with Crippen LogP contribution >= 0.6 is 0 Å². The highest BCUT2D eigenvalue weighted by Crippen LogP contribution is 1.95. The molecule has 3 heteroatoms. The summed E-state index contributed by atoms with van der Waals surface area (Å²) in [7, 11) is 0. The lowest BCUT2D eigenvalue weighted by Crippen LogP contribution is -2.07. The maximum absolute atomic E-state index is 10.6. The van der Waals surface area contributed by atoms with Gasteiger partial charge >= 0.3 is 5.97 Å². The summed E-state index contributed by atoms with van der Waals surface area (Å²) in [6, 6.07) is 0. The van der Waals surface area contributed by atoms with E-state index in [1.807, 2.05) is 6.92 Å². The average Bonchev–Trinajstić information content (AvgIpc) is 1.97. The van der Waals surface area contributed by atoms with Gasteiger partial charge in [-0.2, -0.15) is 0 Å². The maximum atomic E-state index is 10.6. The first-order valence-corrected chi connectivity index (χ1v) is 3.57. The highest BCUT2D eigenvalue weighted by molar-refractivity contribution is 5.69. The molecule has 0 aliphatic rings. The number of hydrogen-bond acceptors (Lipinski definition) is 3. The standard InChI is InChI=1S/C7H14O3/c1-2-3-4-7(9)10-6-5-8/h8H,2-6H2,1H3. The van der Waals surface area contributed by atoms with Gasteiger partial charge in [-0.3, -0.25) is 4.79 Å². The largest absolute Gasteiger partial charge is 0.463 e. The van der Waals surface area contributed by atoms with Gasteiger partial charge in [-0.15, -0.1) is 0 Å². The summed E-state index contributed by atoms with van der Waals surface area (Å²) in [5.74, 6) is -0.212. The fourth-order valence-electron chi connectivity index (χ4n) is 0.553. The number of esters is 1. The Hall–Kier alpha value is -0.570. The predicted octanol–water partition coefficient (Wildman–Crippen LogP) is 0.712. The molecule has 0 amide bonds. The number of aliphatic hydroxyl groups excluding tert-OH is 1. The molecule has 0 saturated carbocycles. The molecule has 0 bridgehead atoms. The summed E-state index contributed by atoms with van der Waals surface area (Å²) in [6.07, 6.45) is 2.33. The number of carbonyl (C=O) groups is 1. The van der Waals surface area contributed by atoms with Crippen LogP contribution < -0.4 is 0 Å². The van der Waals surface area contributed by atoms with Crippen molar-refractivity contribution in [2.75, 3.05) is 13.2 Å². The van der Waals surface area contributed by atoms with Crippen LogP contribution in [0.4, 0.5) is 0 Å². The van der Waals surface area contributed by atoms with Gasteiger partial charge in [0.25, 0.3) is 0 Å². The molecule has 0 aromatic rings. The molecule has 0 atom stereocenters. The SMILES string of the molecule is CCCCC(=O)OCCO. The van der Waals surface area contributed by atoms with Crippen molar-refractivity contribution >= 4 is 5.97 Å². The van der Waals surface area contributed by atoms with Crippen LogP contribution in [-0.4, -0.2) is 24.3 Å². The molecule has 0 aromatic heterocycles. The van der Waals surface area contributed by atoms with E-state index in [4.69, 9.17) is 5.11 Å². The molecule has 0 saturated heterocycles. The second kappa shape index (κ2) is 6.55. The first-order valence-electron chi connectivity index (χ1n) is 3.57. The Morgan fingerprint density at radius 3 is 2.80 bits per heavy atom. The fraction of sp³-hybridized carbons (Fsp3) is 0.857. The molecule has 0 radical (unpaired) electrons. The number of aliphatic hydroxyl groups is 1. The molecule has 3 nitrogen and oxygen atoms in total. The molecular weight excluding hydrogens is 132 g/mol. The summed E-state index contributed by atoms with van der Waals surface area (Å²) in [4.78, 5) is 10.6. The topological polar surface area (TPSA) is 46.5 Å². The Morgan fingerprint density at radius 1 is 1.60 bits per heavy atom. The normalized spacial score (nSPS) is 9.40. The van der Waals surface area contributed by atoms with E-state index in [9.17, 15) is 4.79 Å². The molecule has 60 valence electrons. The van der Waals surface area contributed by atoms with Crippen molar-refractivity contribution in [2.24, 2.45) is 0 Å². The zero-order chi connectivity index (χ0) is 7.82. The monoisotopic (exact) mass is 146 g/mol. The Balaban J connectivity index is 3.09. The Labute approximate surface area is 61.0 Å². The molecule has 0 rings (SSSR count). The first kappa shape index (κ1) is 9.43. The van der Waals surface area contributed by atoms with E-state index < -0.39 is 0 Å². The van der Waals surface area contributed by atoms with Crippen molar-refractivity contribution in [2.45, 2.75) is 26.2 Å². The van der Waals surface area contributed by atoms with Crippen molar-refractivity contribution in [3.05, 3.63) is 0 Å². The lowest BCUT2D eigenvalue weighted by Gasteiger charge is -1.99. The van der Waals surface area contributed by atoms with Crippen molar-refractivity contribution in [1.29, 1.82) is 0 Å². The second-order valence-corrected chi connectivity index (χ2v) is 2.05. The van der Waals surface area contributed by atoms with Crippen LogP contribution in [0.5, 0.6) is 0 Å². The molecule has 0 aliphatic heterocycles. The molecule has 0 spiro atoms. The first-order chi connectivity index (χ1) is 4.81. The number of unbranched alkanes of at least 4 members (excludes halogenated alkanes) is 1. The van der Waals surface area contributed by atoms with E-state index in [2.05, 4.69) is 4.74 Å². The number of rotatable bonds is 5. The molecular formula is C7H14O3. The summed E-state index contributed by atoms with van der Waals surface area (Å²) in [5.41, 5.74) is 0. The summed E-state index contributed by atoms with van der Waals surface area (Å²) >= 11 is 0. The number of ether oxygens (including phenoxy) is 1. The number of carbonyl (C=O) groups excluding carboxylic acids is 1. The van der Waals surface area contributed by atoms with Gasteiger partial charge in [0, 0.05) is 6.42 Å². The zero-order valence-corrected chi connectivity index (χ0v) is 6.30. The summed E-state index contributed by atoms with van der Waals surface area (Å²) in [5, 5.41) is 8.26.